The van der Waals surface area contributed by atoms with Gasteiger partial charge in [-0.3, -0.25) is 4.98 Å². The van der Waals surface area contributed by atoms with Crippen molar-refractivity contribution in [3.63, 3.8) is 0 Å². The number of aromatic nitrogens is 3. The highest BCUT2D eigenvalue weighted by Gasteiger charge is 2.22. The summed E-state index contributed by atoms with van der Waals surface area (Å²) < 4.78 is 5.24. The molecule has 0 unspecified atom stereocenters. The SMILES string of the molecule is Nc1nc(-c2ccccc2)c(-c2cc(Cl)c3ncccc3c2)nc1NC1COC1. The van der Waals surface area contributed by atoms with E-state index in [0.717, 1.165) is 22.0 Å². The van der Waals surface area contributed by atoms with Crippen molar-refractivity contribution in [2.75, 3.05) is 24.3 Å². The number of nitrogens with one attached hydrogen (secondary N) is 1. The fraction of sp³-hybridized carbons (Fsp3) is 0.136. The van der Waals surface area contributed by atoms with Gasteiger partial charge in [-0.25, -0.2) is 9.97 Å². The van der Waals surface area contributed by atoms with E-state index in [1.54, 1.807) is 6.20 Å². The molecule has 5 rings (SSSR count). The molecule has 2 aromatic carbocycles. The van der Waals surface area contributed by atoms with Crippen molar-refractivity contribution in [1.29, 1.82) is 0 Å². The number of pyridine rings is 1. The van der Waals surface area contributed by atoms with E-state index in [-0.39, 0.29) is 6.04 Å². The molecule has 6 nitrogen and oxygen atoms in total. The maximum absolute atomic E-state index is 6.53. The molecule has 2 aromatic heterocycles. The summed E-state index contributed by atoms with van der Waals surface area (Å²) in [6.07, 6.45) is 1.73. The molecule has 4 aromatic rings. The molecule has 0 saturated carbocycles. The molecule has 3 N–H and O–H groups in total. The molecule has 7 heteroatoms. The highest BCUT2D eigenvalue weighted by Crippen LogP contribution is 2.36. The number of anilines is 2. The van der Waals surface area contributed by atoms with E-state index >= 15 is 0 Å². The van der Waals surface area contributed by atoms with E-state index in [9.17, 15) is 0 Å². The number of nitrogens with zero attached hydrogens (tertiary/aromatic N) is 3. The summed E-state index contributed by atoms with van der Waals surface area (Å²) in [6.45, 7) is 1.26. The van der Waals surface area contributed by atoms with Crippen molar-refractivity contribution in [2.45, 2.75) is 6.04 Å². The lowest BCUT2D eigenvalue weighted by Gasteiger charge is -2.28. The molecule has 0 bridgehead atoms. The van der Waals surface area contributed by atoms with Gasteiger partial charge in [-0.1, -0.05) is 48.0 Å². The Morgan fingerprint density at radius 2 is 1.76 bits per heavy atom. The maximum atomic E-state index is 6.53. The molecule has 1 fully saturated rings. The van der Waals surface area contributed by atoms with Crippen LogP contribution in [0.3, 0.4) is 0 Å². The first-order valence-electron chi connectivity index (χ1n) is 9.31. The summed E-state index contributed by atoms with van der Waals surface area (Å²) in [5.41, 5.74) is 10.2. The summed E-state index contributed by atoms with van der Waals surface area (Å²) >= 11 is 6.53. The number of ether oxygens (including phenoxy) is 1. The summed E-state index contributed by atoms with van der Waals surface area (Å²) in [4.78, 5) is 13.9. The third kappa shape index (κ3) is 3.37. The minimum absolute atomic E-state index is 0.186. The lowest BCUT2D eigenvalue weighted by Crippen LogP contribution is -2.40. The van der Waals surface area contributed by atoms with Crippen LogP contribution in [0.25, 0.3) is 33.4 Å². The van der Waals surface area contributed by atoms with E-state index in [1.807, 2.05) is 54.6 Å². The zero-order chi connectivity index (χ0) is 19.8. The van der Waals surface area contributed by atoms with E-state index in [0.29, 0.717) is 41.3 Å². The van der Waals surface area contributed by atoms with Crippen LogP contribution in [0.4, 0.5) is 11.6 Å². The monoisotopic (exact) mass is 403 g/mol. The Morgan fingerprint density at radius 3 is 2.52 bits per heavy atom. The minimum atomic E-state index is 0.186. The van der Waals surface area contributed by atoms with Crippen molar-refractivity contribution >= 4 is 34.1 Å². The van der Waals surface area contributed by atoms with Gasteiger partial charge in [-0.05, 0) is 18.2 Å². The highest BCUT2D eigenvalue weighted by molar-refractivity contribution is 6.35. The fourth-order valence-electron chi connectivity index (χ4n) is 3.35. The van der Waals surface area contributed by atoms with Gasteiger partial charge in [0.05, 0.1) is 41.2 Å². The Labute approximate surface area is 172 Å². The van der Waals surface area contributed by atoms with Gasteiger partial charge >= 0.3 is 0 Å². The van der Waals surface area contributed by atoms with Crippen LogP contribution in [0.5, 0.6) is 0 Å². The van der Waals surface area contributed by atoms with E-state index in [2.05, 4.69) is 10.3 Å². The van der Waals surface area contributed by atoms with Crippen LogP contribution in [-0.4, -0.2) is 34.2 Å². The summed E-state index contributed by atoms with van der Waals surface area (Å²) in [5, 5.41) is 4.82. The largest absolute Gasteiger partial charge is 0.381 e. The van der Waals surface area contributed by atoms with Crippen LogP contribution in [0, 0.1) is 0 Å². The van der Waals surface area contributed by atoms with Gasteiger partial charge in [0, 0.05) is 22.7 Å². The Bertz CT molecular complexity index is 1190. The molecule has 3 heterocycles. The molecule has 1 aliphatic rings. The number of hydrogen-bond acceptors (Lipinski definition) is 6. The third-order valence-corrected chi connectivity index (χ3v) is 5.17. The predicted molar refractivity (Wildman–Crippen MR) is 116 cm³/mol. The predicted octanol–water partition coefficient (Wildman–Crippen LogP) is 4.41. The van der Waals surface area contributed by atoms with Gasteiger partial charge in [0.1, 0.15) is 0 Å². The van der Waals surface area contributed by atoms with Gasteiger partial charge in [0.2, 0.25) is 0 Å². The second kappa shape index (κ2) is 7.31. The Hall–Kier alpha value is -3.22. The van der Waals surface area contributed by atoms with Crippen LogP contribution >= 0.6 is 11.6 Å². The second-order valence-electron chi connectivity index (χ2n) is 6.93. The molecule has 144 valence electrons. The number of nitrogens with two attached hydrogens (primary N) is 1. The first-order valence-corrected chi connectivity index (χ1v) is 9.69. The molecule has 0 amide bonds. The van der Waals surface area contributed by atoms with Crippen molar-refractivity contribution in [3.8, 4) is 22.5 Å². The first kappa shape index (κ1) is 17.8. The van der Waals surface area contributed by atoms with Gasteiger partial charge in [-0.2, -0.15) is 0 Å². The van der Waals surface area contributed by atoms with Crippen molar-refractivity contribution in [1.82, 2.24) is 15.0 Å². The molecule has 1 saturated heterocycles. The lowest BCUT2D eigenvalue weighted by atomic mass is 10.0. The van der Waals surface area contributed by atoms with E-state index in [1.165, 1.54) is 0 Å². The van der Waals surface area contributed by atoms with Gasteiger partial charge < -0.3 is 15.8 Å². The fourth-order valence-corrected chi connectivity index (χ4v) is 3.63. The quantitative estimate of drug-likeness (QED) is 0.525. The number of hydrogen-bond donors (Lipinski definition) is 2. The summed E-state index contributed by atoms with van der Waals surface area (Å²) in [5.74, 6) is 0.906. The Morgan fingerprint density at radius 1 is 0.966 bits per heavy atom. The van der Waals surface area contributed by atoms with Gasteiger partial charge in [0.15, 0.2) is 11.6 Å². The van der Waals surface area contributed by atoms with Crippen molar-refractivity contribution < 1.29 is 4.74 Å². The van der Waals surface area contributed by atoms with Crippen LogP contribution in [0.1, 0.15) is 0 Å². The third-order valence-electron chi connectivity index (χ3n) is 4.88. The summed E-state index contributed by atoms with van der Waals surface area (Å²) in [6, 6.07) is 17.8. The number of rotatable bonds is 4. The van der Waals surface area contributed by atoms with E-state index in [4.69, 9.17) is 32.0 Å². The normalized spacial score (nSPS) is 14.0. The summed E-state index contributed by atoms with van der Waals surface area (Å²) in [7, 11) is 0. The smallest absolute Gasteiger partial charge is 0.169 e. The number of fused-ring (bicyclic) bond motifs is 1. The lowest BCUT2D eigenvalue weighted by molar-refractivity contribution is 0.0210. The average Bonchev–Trinajstić information content (AvgIpc) is 2.72. The average molecular weight is 404 g/mol. The Balaban J connectivity index is 1.71. The zero-order valence-electron chi connectivity index (χ0n) is 15.5. The molecular formula is C22H18ClN5O. The number of nitrogen functional groups attached to an aromatic ring is 1. The second-order valence-corrected chi connectivity index (χ2v) is 7.34. The topological polar surface area (TPSA) is 86.0 Å². The van der Waals surface area contributed by atoms with Crippen molar-refractivity contribution in [2.24, 2.45) is 0 Å². The first-order chi connectivity index (χ1) is 14.2. The number of benzene rings is 2. The highest BCUT2D eigenvalue weighted by atomic mass is 35.5. The van der Waals surface area contributed by atoms with Crippen LogP contribution < -0.4 is 11.1 Å². The molecule has 0 spiro atoms. The maximum Gasteiger partial charge on any atom is 0.169 e. The molecule has 1 aliphatic heterocycles. The molecule has 0 radical (unpaired) electrons. The number of halogens is 1. The minimum Gasteiger partial charge on any atom is -0.381 e. The van der Waals surface area contributed by atoms with Gasteiger partial charge in [-0.15, -0.1) is 0 Å². The van der Waals surface area contributed by atoms with Crippen molar-refractivity contribution in [3.05, 3.63) is 65.8 Å². The van der Waals surface area contributed by atoms with Gasteiger partial charge in [0.25, 0.3) is 0 Å². The molecule has 0 aliphatic carbocycles. The molecule has 0 atom stereocenters. The molecule has 29 heavy (non-hydrogen) atoms. The molecular weight excluding hydrogens is 386 g/mol. The van der Waals surface area contributed by atoms with Crippen LogP contribution in [-0.2, 0) is 4.74 Å². The Kier molecular flexibility index (Phi) is 4.50. The van der Waals surface area contributed by atoms with E-state index < -0.39 is 0 Å². The van der Waals surface area contributed by atoms with Crippen LogP contribution in [0.15, 0.2) is 60.8 Å². The standard InChI is InChI=1S/C22H18ClN5O/c23-17-10-15(9-14-7-4-8-25-18(14)17)20-19(13-5-2-1-3-6-13)27-21(24)22(28-20)26-16-11-29-12-16/h1-10,16H,11-12H2,(H2,24,27)(H,26,28). The zero-order valence-corrected chi connectivity index (χ0v) is 16.2. The van der Waals surface area contributed by atoms with Crippen LogP contribution in [0.2, 0.25) is 5.02 Å².